The van der Waals surface area contributed by atoms with Crippen molar-refractivity contribution in [2.75, 3.05) is 13.2 Å². The number of aromatic amines is 1. The van der Waals surface area contributed by atoms with Gasteiger partial charge < -0.3 is 14.5 Å². The molecule has 9 nitrogen and oxygen atoms in total. The Kier molecular flexibility index (Phi) is 6.68. The van der Waals surface area contributed by atoms with Gasteiger partial charge in [0.25, 0.3) is 5.56 Å². The Morgan fingerprint density at radius 2 is 2.06 bits per heavy atom. The predicted molar refractivity (Wildman–Crippen MR) is 124 cm³/mol. The highest BCUT2D eigenvalue weighted by atomic mass is 16.5. The van der Waals surface area contributed by atoms with Gasteiger partial charge in [0.2, 0.25) is 0 Å². The first-order chi connectivity index (χ1) is 16.2. The minimum absolute atomic E-state index is 0.0476. The average molecular weight is 453 g/mol. The van der Waals surface area contributed by atoms with E-state index in [0.717, 1.165) is 60.3 Å². The van der Waals surface area contributed by atoms with Gasteiger partial charge in [-0.1, -0.05) is 12.8 Å². The standard InChI is InChI=1S/C24H32N6O3/c1-2-32-20-9-10-22-17(13-20)12-18(24(31)25-22)14-29(19-6-3-4-7-19)16-23-26-27-28-30(23)15-21-8-5-11-33-21/h9-10,12-13,19,21H,2-8,11,14-16H2,1H3,(H,25,31)/t21-/m0/s1. The van der Waals surface area contributed by atoms with E-state index in [1.54, 1.807) is 0 Å². The van der Waals surface area contributed by atoms with E-state index in [4.69, 9.17) is 9.47 Å². The van der Waals surface area contributed by atoms with Crippen LogP contribution in [0.1, 0.15) is 56.8 Å². The number of H-pyrrole nitrogens is 1. The van der Waals surface area contributed by atoms with Crippen molar-refractivity contribution in [1.82, 2.24) is 30.1 Å². The second-order valence-corrected chi connectivity index (χ2v) is 9.06. The van der Waals surface area contributed by atoms with E-state index in [1.807, 2.05) is 35.9 Å². The number of ether oxygens (including phenoxy) is 2. The molecule has 0 spiro atoms. The number of hydrogen-bond donors (Lipinski definition) is 1. The molecule has 1 aliphatic carbocycles. The molecular formula is C24H32N6O3. The van der Waals surface area contributed by atoms with Gasteiger partial charge in [-0.05, 0) is 67.3 Å². The lowest BCUT2D eigenvalue weighted by molar-refractivity contribution is 0.0906. The molecule has 0 amide bonds. The predicted octanol–water partition coefficient (Wildman–Crippen LogP) is 3.04. The van der Waals surface area contributed by atoms with Crippen molar-refractivity contribution in [2.24, 2.45) is 0 Å². The topological polar surface area (TPSA) is 98.2 Å². The zero-order valence-electron chi connectivity index (χ0n) is 19.2. The van der Waals surface area contributed by atoms with Crippen molar-refractivity contribution in [3.05, 3.63) is 46.0 Å². The quantitative estimate of drug-likeness (QED) is 0.533. The first-order valence-electron chi connectivity index (χ1n) is 12.1. The molecule has 1 saturated carbocycles. The monoisotopic (exact) mass is 452 g/mol. The molecule has 1 N–H and O–H groups in total. The smallest absolute Gasteiger partial charge is 0.252 e. The Hall–Kier alpha value is -2.78. The molecule has 176 valence electrons. The largest absolute Gasteiger partial charge is 0.494 e. The Morgan fingerprint density at radius 3 is 2.85 bits per heavy atom. The number of nitrogens with zero attached hydrogens (tertiary/aromatic N) is 5. The summed E-state index contributed by atoms with van der Waals surface area (Å²) in [7, 11) is 0. The van der Waals surface area contributed by atoms with Gasteiger partial charge in [0.15, 0.2) is 5.82 Å². The number of fused-ring (bicyclic) bond motifs is 1. The number of benzene rings is 1. The van der Waals surface area contributed by atoms with Crippen LogP contribution in [0.15, 0.2) is 29.1 Å². The Labute approximate surface area is 193 Å². The minimum atomic E-state index is -0.0476. The summed E-state index contributed by atoms with van der Waals surface area (Å²) in [6.45, 7) is 5.23. The molecule has 2 aromatic heterocycles. The van der Waals surface area contributed by atoms with Gasteiger partial charge in [-0.2, -0.15) is 0 Å². The van der Waals surface area contributed by atoms with Crippen molar-refractivity contribution in [3.63, 3.8) is 0 Å². The fourth-order valence-electron chi connectivity index (χ4n) is 5.05. The second kappa shape index (κ2) is 10.0. The van der Waals surface area contributed by atoms with Gasteiger partial charge >= 0.3 is 0 Å². The molecule has 2 fully saturated rings. The van der Waals surface area contributed by atoms with Crippen LogP contribution in [0.5, 0.6) is 5.75 Å². The number of aromatic nitrogens is 5. The van der Waals surface area contributed by atoms with Crippen molar-refractivity contribution in [1.29, 1.82) is 0 Å². The normalized spacial score (nSPS) is 19.2. The van der Waals surface area contributed by atoms with Crippen LogP contribution in [0, 0.1) is 0 Å². The van der Waals surface area contributed by atoms with Gasteiger partial charge in [0.05, 0.1) is 25.8 Å². The van der Waals surface area contributed by atoms with Crippen LogP contribution >= 0.6 is 0 Å². The van der Waals surface area contributed by atoms with E-state index in [-0.39, 0.29) is 11.7 Å². The van der Waals surface area contributed by atoms with Crippen LogP contribution in [0.4, 0.5) is 0 Å². The fraction of sp³-hybridized carbons (Fsp3) is 0.583. The van der Waals surface area contributed by atoms with Gasteiger partial charge in [-0.3, -0.25) is 9.69 Å². The summed E-state index contributed by atoms with van der Waals surface area (Å²) in [5.41, 5.74) is 1.52. The Bertz CT molecular complexity index is 1130. The van der Waals surface area contributed by atoms with Crippen LogP contribution in [-0.2, 0) is 24.4 Å². The zero-order chi connectivity index (χ0) is 22.6. The summed E-state index contributed by atoms with van der Waals surface area (Å²) in [5, 5.41) is 13.4. The van der Waals surface area contributed by atoms with E-state index in [0.29, 0.717) is 32.3 Å². The summed E-state index contributed by atoms with van der Waals surface area (Å²) in [4.78, 5) is 18.3. The third-order valence-corrected chi connectivity index (χ3v) is 6.77. The van der Waals surface area contributed by atoms with Gasteiger partial charge in [-0.25, -0.2) is 4.68 Å². The SMILES string of the molecule is CCOc1ccc2[nH]c(=O)c(CN(Cc3nnnn3C[C@@H]3CCCO3)C3CCCC3)cc2c1. The molecule has 1 aromatic carbocycles. The summed E-state index contributed by atoms with van der Waals surface area (Å²) < 4.78 is 13.3. The van der Waals surface area contributed by atoms with Crippen molar-refractivity contribution < 1.29 is 9.47 Å². The van der Waals surface area contributed by atoms with Crippen molar-refractivity contribution >= 4 is 10.9 Å². The third-order valence-electron chi connectivity index (χ3n) is 6.77. The number of pyridine rings is 1. The molecule has 2 aliphatic rings. The average Bonchev–Trinajstić information content (AvgIpc) is 3.58. The molecule has 1 aliphatic heterocycles. The molecule has 3 heterocycles. The van der Waals surface area contributed by atoms with Crippen LogP contribution < -0.4 is 10.3 Å². The number of rotatable bonds is 9. The zero-order valence-corrected chi connectivity index (χ0v) is 19.2. The highest BCUT2D eigenvalue weighted by molar-refractivity contribution is 5.80. The first kappa shape index (κ1) is 22.0. The first-order valence-corrected chi connectivity index (χ1v) is 12.1. The minimum Gasteiger partial charge on any atom is -0.494 e. The van der Waals surface area contributed by atoms with E-state index >= 15 is 0 Å². The number of hydrogen-bond acceptors (Lipinski definition) is 7. The van der Waals surface area contributed by atoms with E-state index in [1.165, 1.54) is 12.8 Å². The summed E-state index contributed by atoms with van der Waals surface area (Å²) in [6, 6.07) is 8.19. The van der Waals surface area contributed by atoms with Crippen LogP contribution in [-0.4, -0.2) is 55.5 Å². The maximum Gasteiger partial charge on any atom is 0.252 e. The molecule has 33 heavy (non-hydrogen) atoms. The highest BCUT2D eigenvalue weighted by Crippen LogP contribution is 2.27. The highest BCUT2D eigenvalue weighted by Gasteiger charge is 2.26. The Balaban J connectivity index is 1.39. The van der Waals surface area contributed by atoms with Gasteiger partial charge in [0.1, 0.15) is 5.75 Å². The number of tetrazole rings is 1. The third kappa shape index (κ3) is 5.09. The maximum absolute atomic E-state index is 12.9. The summed E-state index contributed by atoms with van der Waals surface area (Å²) in [6.07, 6.45) is 7.01. The van der Waals surface area contributed by atoms with Crippen LogP contribution in [0.25, 0.3) is 10.9 Å². The molecule has 3 aromatic rings. The van der Waals surface area contributed by atoms with Crippen LogP contribution in [0.3, 0.4) is 0 Å². The van der Waals surface area contributed by atoms with Gasteiger partial charge in [-0.15, -0.1) is 5.10 Å². The lowest BCUT2D eigenvalue weighted by atomic mass is 10.1. The summed E-state index contributed by atoms with van der Waals surface area (Å²) in [5.74, 6) is 1.64. The fourth-order valence-corrected chi connectivity index (χ4v) is 5.05. The molecular weight excluding hydrogens is 420 g/mol. The van der Waals surface area contributed by atoms with Crippen LogP contribution in [0.2, 0.25) is 0 Å². The molecule has 5 rings (SSSR count). The van der Waals surface area contributed by atoms with Crippen molar-refractivity contribution in [3.8, 4) is 5.75 Å². The van der Waals surface area contributed by atoms with E-state index < -0.39 is 0 Å². The maximum atomic E-state index is 12.9. The van der Waals surface area contributed by atoms with Gasteiger partial charge in [0, 0.05) is 35.7 Å². The summed E-state index contributed by atoms with van der Waals surface area (Å²) >= 11 is 0. The lowest BCUT2D eigenvalue weighted by Crippen LogP contribution is -2.35. The Morgan fingerprint density at radius 1 is 1.18 bits per heavy atom. The molecule has 1 saturated heterocycles. The number of nitrogens with one attached hydrogen (secondary N) is 1. The second-order valence-electron chi connectivity index (χ2n) is 9.06. The van der Waals surface area contributed by atoms with E-state index in [2.05, 4.69) is 25.4 Å². The molecule has 0 radical (unpaired) electrons. The molecule has 1 atom stereocenters. The van der Waals surface area contributed by atoms with Crippen molar-refractivity contribution in [2.45, 2.75) is 77.2 Å². The lowest BCUT2D eigenvalue weighted by Gasteiger charge is -2.28. The molecule has 0 unspecified atom stereocenters. The van der Waals surface area contributed by atoms with E-state index in [9.17, 15) is 4.79 Å². The molecule has 9 heteroatoms. The molecule has 0 bridgehead atoms.